The standard InChI is InChI=1S/C24H21N5O2/c1-28(2)20-10-8-17(9-11-20)16-21-23(30)27-29(24(31)19-12-14-25-15-13-19)22(26-21)18-6-4-3-5-7-18/h3-16H,1-2H3,(H,27,30)/b21-16+. The van der Waals surface area contributed by atoms with Crippen LogP contribution in [0.2, 0.25) is 0 Å². The predicted molar refractivity (Wildman–Crippen MR) is 120 cm³/mol. The molecule has 0 atom stereocenters. The molecular weight excluding hydrogens is 390 g/mol. The van der Waals surface area contributed by atoms with E-state index in [9.17, 15) is 9.59 Å². The van der Waals surface area contributed by atoms with E-state index in [4.69, 9.17) is 0 Å². The van der Waals surface area contributed by atoms with Crippen LogP contribution < -0.4 is 10.3 Å². The maximum Gasteiger partial charge on any atom is 0.288 e. The third-order valence-electron chi connectivity index (χ3n) is 4.76. The van der Waals surface area contributed by atoms with Gasteiger partial charge in [-0.1, -0.05) is 42.5 Å². The molecule has 7 heteroatoms. The van der Waals surface area contributed by atoms with Crippen LogP contribution in [-0.4, -0.2) is 41.7 Å². The first-order valence-corrected chi connectivity index (χ1v) is 9.71. The van der Waals surface area contributed by atoms with Gasteiger partial charge in [-0.2, -0.15) is 5.01 Å². The van der Waals surface area contributed by atoms with Gasteiger partial charge in [-0.15, -0.1) is 0 Å². The van der Waals surface area contributed by atoms with Crippen molar-refractivity contribution in [3.05, 3.63) is 102 Å². The fraction of sp³-hybridized carbons (Fsp3) is 0.0833. The number of anilines is 1. The molecule has 0 fully saturated rings. The van der Waals surface area contributed by atoms with Gasteiger partial charge >= 0.3 is 0 Å². The molecule has 3 aromatic rings. The molecule has 1 aliphatic rings. The van der Waals surface area contributed by atoms with Crippen LogP contribution in [0.3, 0.4) is 0 Å². The van der Waals surface area contributed by atoms with Crippen molar-refractivity contribution < 1.29 is 9.59 Å². The number of pyridine rings is 1. The van der Waals surface area contributed by atoms with Crippen molar-refractivity contribution in [2.24, 2.45) is 4.99 Å². The monoisotopic (exact) mass is 411 g/mol. The zero-order chi connectivity index (χ0) is 21.8. The minimum atomic E-state index is -0.459. The second-order valence-electron chi connectivity index (χ2n) is 7.13. The first-order valence-electron chi connectivity index (χ1n) is 9.71. The molecule has 1 N–H and O–H groups in total. The van der Waals surface area contributed by atoms with E-state index in [1.807, 2.05) is 73.6 Å². The van der Waals surface area contributed by atoms with Crippen molar-refractivity contribution in [1.82, 2.24) is 15.4 Å². The Bertz CT molecular complexity index is 1150. The van der Waals surface area contributed by atoms with Crippen LogP contribution in [0.4, 0.5) is 5.69 Å². The molecule has 2 aromatic carbocycles. The number of hydrogen-bond acceptors (Lipinski definition) is 5. The van der Waals surface area contributed by atoms with Crippen LogP contribution >= 0.6 is 0 Å². The number of amidine groups is 1. The number of amides is 2. The molecule has 0 bridgehead atoms. The van der Waals surface area contributed by atoms with Crippen LogP contribution in [0.1, 0.15) is 21.5 Å². The summed E-state index contributed by atoms with van der Waals surface area (Å²) in [5.74, 6) is -0.510. The molecule has 0 saturated heterocycles. The van der Waals surface area contributed by atoms with Crippen LogP contribution in [0.5, 0.6) is 0 Å². The average molecular weight is 411 g/mol. The van der Waals surface area contributed by atoms with E-state index in [-0.39, 0.29) is 5.70 Å². The zero-order valence-corrected chi connectivity index (χ0v) is 17.2. The second-order valence-corrected chi connectivity index (χ2v) is 7.13. The van der Waals surface area contributed by atoms with Gasteiger partial charge in [0.15, 0.2) is 5.84 Å². The van der Waals surface area contributed by atoms with E-state index in [1.54, 1.807) is 18.2 Å². The molecule has 1 aromatic heterocycles. The van der Waals surface area contributed by atoms with E-state index in [2.05, 4.69) is 15.4 Å². The summed E-state index contributed by atoms with van der Waals surface area (Å²) in [7, 11) is 3.93. The fourth-order valence-corrected chi connectivity index (χ4v) is 3.10. The smallest absolute Gasteiger partial charge is 0.288 e. The Hall–Kier alpha value is -4.26. The third-order valence-corrected chi connectivity index (χ3v) is 4.76. The van der Waals surface area contributed by atoms with Crippen molar-refractivity contribution in [1.29, 1.82) is 0 Å². The molecule has 1 aliphatic heterocycles. The summed E-state index contributed by atoms with van der Waals surface area (Å²) in [6.07, 6.45) is 4.76. The highest BCUT2D eigenvalue weighted by molar-refractivity contribution is 6.17. The molecule has 0 saturated carbocycles. The van der Waals surface area contributed by atoms with Crippen LogP contribution in [0, 0.1) is 0 Å². The van der Waals surface area contributed by atoms with E-state index in [0.717, 1.165) is 11.3 Å². The Balaban J connectivity index is 1.75. The number of aromatic nitrogens is 1. The van der Waals surface area contributed by atoms with Gasteiger partial charge in [0, 0.05) is 43.3 Å². The first kappa shape index (κ1) is 20.0. The highest BCUT2D eigenvalue weighted by Crippen LogP contribution is 2.20. The summed E-state index contributed by atoms with van der Waals surface area (Å²) >= 11 is 0. The summed E-state index contributed by atoms with van der Waals surface area (Å²) in [5, 5.41) is 1.18. The van der Waals surface area contributed by atoms with E-state index in [1.165, 1.54) is 17.4 Å². The summed E-state index contributed by atoms with van der Waals surface area (Å²) in [5.41, 5.74) is 5.89. The molecule has 0 spiro atoms. The van der Waals surface area contributed by atoms with Gasteiger partial charge in [0.25, 0.3) is 11.8 Å². The molecule has 0 radical (unpaired) electrons. The SMILES string of the molecule is CN(C)c1ccc(/C=C2/N=C(c3ccccc3)N(C(=O)c3ccncc3)NC2=O)cc1. The van der Waals surface area contributed by atoms with E-state index in [0.29, 0.717) is 17.0 Å². The van der Waals surface area contributed by atoms with Gasteiger partial charge in [0.2, 0.25) is 0 Å². The Morgan fingerprint density at radius 1 is 0.968 bits per heavy atom. The number of rotatable bonds is 4. The van der Waals surface area contributed by atoms with E-state index < -0.39 is 11.8 Å². The van der Waals surface area contributed by atoms with Crippen LogP contribution in [-0.2, 0) is 4.79 Å². The summed E-state index contributed by atoms with van der Waals surface area (Å²) < 4.78 is 0. The van der Waals surface area contributed by atoms with Gasteiger partial charge in [0.1, 0.15) is 5.70 Å². The third kappa shape index (κ3) is 4.35. The van der Waals surface area contributed by atoms with Gasteiger partial charge in [0.05, 0.1) is 0 Å². The molecule has 154 valence electrons. The van der Waals surface area contributed by atoms with Crippen LogP contribution in [0.25, 0.3) is 6.08 Å². The van der Waals surface area contributed by atoms with Crippen molar-refractivity contribution in [3.63, 3.8) is 0 Å². The quantitative estimate of drug-likeness (QED) is 0.669. The number of hydrazine groups is 1. The zero-order valence-electron chi connectivity index (χ0n) is 17.2. The number of benzene rings is 2. The lowest BCUT2D eigenvalue weighted by atomic mass is 10.1. The van der Waals surface area contributed by atoms with Crippen molar-refractivity contribution in [2.75, 3.05) is 19.0 Å². The van der Waals surface area contributed by atoms with Crippen molar-refractivity contribution in [2.45, 2.75) is 0 Å². The minimum absolute atomic E-state index is 0.218. The second kappa shape index (κ2) is 8.62. The lowest BCUT2D eigenvalue weighted by Crippen LogP contribution is -2.53. The Kier molecular flexibility index (Phi) is 5.57. The minimum Gasteiger partial charge on any atom is -0.378 e. The fourth-order valence-electron chi connectivity index (χ4n) is 3.10. The van der Waals surface area contributed by atoms with Crippen molar-refractivity contribution in [3.8, 4) is 0 Å². The number of carbonyl (C=O) groups is 2. The summed E-state index contributed by atoms with van der Waals surface area (Å²) in [6, 6.07) is 20.2. The normalized spacial score (nSPS) is 14.8. The molecular formula is C24H21N5O2. The number of carbonyl (C=O) groups excluding carboxylic acids is 2. The molecule has 0 aliphatic carbocycles. The highest BCUT2D eigenvalue weighted by atomic mass is 16.2. The predicted octanol–water partition coefficient (Wildman–Crippen LogP) is 3.12. The van der Waals surface area contributed by atoms with E-state index >= 15 is 0 Å². The molecule has 4 rings (SSSR count). The summed E-state index contributed by atoms with van der Waals surface area (Å²) in [4.78, 5) is 36.4. The average Bonchev–Trinajstić information content (AvgIpc) is 2.81. The van der Waals surface area contributed by atoms with Gasteiger partial charge in [-0.25, -0.2) is 4.99 Å². The topological polar surface area (TPSA) is 77.9 Å². The summed E-state index contributed by atoms with van der Waals surface area (Å²) in [6.45, 7) is 0. The number of hydrogen-bond donors (Lipinski definition) is 1. The van der Waals surface area contributed by atoms with Gasteiger partial charge in [-0.05, 0) is 35.9 Å². The number of aliphatic imine (C=N–C) groups is 1. The maximum atomic E-state index is 13.1. The highest BCUT2D eigenvalue weighted by Gasteiger charge is 2.30. The van der Waals surface area contributed by atoms with Crippen LogP contribution in [0.15, 0.2) is 89.8 Å². The Morgan fingerprint density at radius 2 is 1.65 bits per heavy atom. The Morgan fingerprint density at radius 3 is 2.29 bits per heavy atom. The number of nitrogens with one attached hydrogen (secondary N) is 1. The first-order chi connectivity index (χ1) is 15.0. The van der Waals surface area contributed by atoms with Gasteiger partial charge in [-0.3, -0.25) is 20.0 Å². The molecule has 2 amide bonds. The lowest BCUT2D eigenvalue weighted by Gasteiger charge is -2.28. The van der Waals surface area contributed by atoms with Crippen molar-refractivity contribution >= 4 is 29.4 Å². The molecule has 2 heterocycles. The Labute approximate surface area is 180 Å². The van der Waals surface area contributed by atoms with Gasteiger partial charge < -0.3 is 4.90 Å². The largest absolute Gasteiger partial charge is 0.378 e. The lowest BCUT2D eigenvalue weighted by molar-refractivity contribution is -0.120. The molecule has 7 nitrogen and oxygen atoms in total. The molecule has 31 heavy (non-hydrogen) atoms. The number of nitrogens with zero attached hydrogens (tertiary/aromatic N) is 4. The maximum absolute atomic E-state index is 13.1. The molecule has 0 unspecified atom stereocenters.